The smallest absolute Gasteiger partial charge is 0.186 e. The molecule has 6 nitrogen and oxygen atoms in total. The lowest BCUT2D eigenvalue weighted by atomic mass is 9.98. The lowest BCUT2D eigenvalue weighted by Crippen LogP contribution is -2.60. The molecule has 1 rings (SSSR count). The third-order valence-corrected chi connectivity index (χ3v) is 3.16. The van der Waals surface area contributed by atoms with Crippen LogP contribution in [0.15, 0.2) is 0 Å². The summed E-state index contributed by atoms with van der Waals surface area (Å²) in [5.41, 5.74) is 0. The van der Waals surface area contributed by atoms with Crippen molar-refractivity contribution in [2.24, 2.45) is 11.8 Å². The van der Waals surface area contributed by atoms with Crippen LogP contribution in [-0.4, -0.2) is 65.7 Å². The minimum absolute atomic E-state index is 0.298. The second-order valence-corrected chi connectivity index (χ2v) is 6.29. The standard InChI is InChI=1S/C14H29NO5/c1-8(2)5-15-6-10-11(16)12(17)13(18)14(20-10)19-7-9(3)4/h8-18H,5-7H2,1-4H3/t10-,11-,12+,13-,14+/m1/s1. The van der Waals surface area contributed by atoms with Crippen molar-refractivity contribution >= 4 is 0 Å². The van der Waals surface area contributed by atoms with Crippen molar-refractivity contribution in [3.05, 3.63) is 0 Å². The third kappa shape index (κ3) is 5.27. The average molecular weight is 291 g/mol. The lowest BCUT2D eigenvalue weighted by molar-refractivity contribution is -0.297. The van der Waals surface area contributed by atoms with Gasteiger partial charge in [-0.05, 0) is 18.4 Å². The second-order valence-electron chi connectivity index (χ2n) is 6.29. The highest BCUT2D eigenvalue weighted by Gasteiger charge is 2.44. The van der Waals surface area contributed by atoms with Crippen LogP contribution >= 0.6 is 0 Å². The summed E-state index contributed by atoms with van der Waals surface area (Å²) in [7, 11) is 0. The van der Waals surface area contributed by atoms with Gasteiger partial charge in [0.15, 0.2) is 6.29 Å². The van der Waals surface area contributed by atoms with Crippen LogP contribution in [0, 0.1) is 11.8 Å². The minimum Gasteiger partial charge on any atom is -0.388 e. The highest BCUT2D eigenvalue weighted by atomic mass is 16.7. The van der Waals surface area contributed by atoms with Crippen molar-refractivity contribution < 1.29 is 24.8 Å². The van der Waals surface area contributed by atoms with Crippen LogP contribution < -0.4 is 5.32 Å². The van der Waals surface area contributed by atoms with Gasteiger partial charge in [0.2, 0.25) is 0 Å². The van der Waals surface area contributed by atoms with Crippen LogP contribution in [0.2, 0.25) is 0 Å². The molecule has 5 atom stereocenters. The molecular formula is C14H29NO5. The van der Waals surface area contributed by atoms with Gasteiger partial charge in [0, 0.05) is 6.54 Å². The van der Waals surface area contributed by atoms with Crippen LogP contribution in [-0.2, 0) is 9.47 Å². The van der Waals surface area contributed by atoms with Gasteiger partial charge in [0.1, 0.15) is 24.4 Å². The Hall–Kier alpha value is -0.240. The van der Waals surface area contributed by atoms with Crippen molar-refractivity contribution in [1.29, 1.82) is 0 Å². The zero-order valence-corrected chi connectivity index (χ0v) is 12.8. The normalized spacial score (nSPS) is 35.0. The Balaban J connectivity index is 2.52. The SMILES string of the molecule is CC(C)CNC[C@H]1O[C@H](OCC(C)C)[C@H](O)[C@@H](O)[C@@H]1O. The van der Waals surface area contributed by atoms with E-state index in [0.29, 0.717) is 25.0 Å². The van der Waals surface area contributed by atoms with Gasteiger partial charge in [0.25, 0.3) is 0 Å². The van der Waals surface area contributed by atoms with Gasteiger partial charge in [0.05, 0.1) is 6.61 Å². The summed E-state index contributed by atoms with van der Waals surface area (Å²) in [5, 5.41) is 32.9. The lowest BCUT2D eigenvalue weighted by Gasteiger charge is -2.40. The minimum atomic E-state index is -1.26. The van der Waals surface area contributed by atoms with E-state index in [-0.39, 0.29) is 0 Å². The van der Waals surface area contributed by atoms with E-state index in [4.69, 9.17) is 9.47 Å². The topological polar surface area (TPSA) is 91.2 Å². The van der Waals surface area contributed by atoms with Crippen LogP contribution in [0.25, 0.3) is 0 Å². The molecule has 1 fully saturated rings. The predicted octanol–water partition coefficient (Wildman–Crippen LogP) is -0.288. The number of hydrogen-bond donors (Lipinski definition) is 4. The Bertz CT molecular complexity index is 272. The Morgan fingerprint density at radius 1 is 1.00 bits per heavy atom. The molecule has 0 radical (unpaired) electrons. The number of rotatable bonds is 7. The van der Waals surface area contributed by atoms with E-state index in [1.54, 1.807) is 0 Å². The van der Waals surface area contributed by atoms with Crippen molar-refractivity contribution in [2.45, 2.75) is 58.4 Å². The quantitative estimate of drug-likeness (QED) is 0.515. The van der Waals surface area contributed by atoms with E-state index in [1.165, 1.54) is 0 Å². The van der Waals surface area contributed by atoms with E-state index in [9.17, 15) is 15.3 Å². The molecule has 0 bridgehead atoms. The first-order valence-corrected chi connectivity index (χ1v) is 7.34. The summed E-state index contributed by atoms with van der Waals surface area (Å²) in [5.74, 6) is 0.784. The highest BCUT2D eigenvalue weighted by Crippen LogP contribution is 2.22. The molecule has 0 spiro atoms. The Labute approximate surface area is 121 Å². The maximum absolute atomic E-state index is 9.94. The molecule has 0 aliphatic carbocycles. The summed E-state index contributed by atoms with van der Waals surface area (Å²) in [4.78, 5) is 0. The van der Waals surface area contributed by atoms with E-state index in [1.807, 2.05) is 13.8 Å². The summed E-state index contributed by atoms with van der Waals surface area (Å²) in [6.45, 7) is 9.77. The fourth-order valence-electron chi connectivity index (χ4n) is 2.02. The van der Waals surface area contributed by atoms with Crippen molar-refractivity contribution in [1.82, 2.24) is 5.32 Å². The summed E-state index contributed by atoms with van der Waals surface area (Å²) in [6, 6.07) is 0. The molecule has 0 amide bonds. The van der Waals surface area contributed by atoms with Crippen LogP contribution in [0.3, 0.4) is 0 Å². The van der Waals surface area contributed by atoms with Gasteiger partial charge < -0.3 is 30.1 Å². The van der Waals surface area contributed by atoms with Gasteiger partial charge in [-0.3, -0.25) is 0 Å². The second kappa shape index (κ2) is 8.26. The summed E-state index contributed by atoms with van der Waals surface area (Å²) >= 11 is 0. The van der Waals surface area contributed by atoms with Gasteiger partial charge in [-0.1, -0.05) is 27.7 Å². The molecule has 1 aliphatic rings. The Morgan fingerprint density at radius 2 is 1.65 bits per heavy atom. The predicted molar refractivity (Wildman–Crippen MR) is 75.2 cm³/mol. The van der Waals surface area contributed by atoms with Gasteiger partial charge in [-0.25, -0.2) is 0 Å². The zero-order valence-electron chi connectivity index (χ0n) is 12.8. The molecule has 0 aromatic heterocycles. The molecule has 120 valence electrons. The van der Waals surface area contributed by atoms with Crippen molar-refractivity contribution in [3.63, 3.8) is 0 Å². The molecule has 20 heavy (non-hydrogen) atoms. The molecule has 0 unspecified atom stereocenters. The number of hydrogen-bond acceptors (Lipinski definition) is 6. The first-order chi connectivity index (χ1) is 9.32. The number of nitrogens with one attached hydrogen (secondary N) is 1. The van der Waals surface area contributed by atoms with E-state index in [2.05, 4.69) is 19.2 Å². The zero-order chi connectivity index (χ0) is 15.3. The first-order valence-electron chi connectivity index (χ1n) is 7.34. The summed E-state index contributed by atoms with van der Waals surface area (Å²) < 4.78 is 11.0. The fourth-order valence-corrected chi connectivity index (χ4v) is 2.02. The molecular weight excluding hydrogens is 262 g/mol. The van der Waals surface area contributed by atoms with E-state index < -0.39 is 30.7 Å². The van der Waals surface area contributed by atoms with Crippen LogP contribution in [0.1, 0.15) is 27.7 Å². The number of aliphatic hydroxyl groups excluding tert-OH is 3. The maximum Gasteiger partial charge on any atom is 0.186 e. The third-order valence-electron chi connectivity index (χ3n) is 3.16. The molecule has 1 saturated heterocycles. The molecule has 0 aromatic rings. The summed E-state index contributed by atoms with van der Waals surface area (Å²) in [6.07, 6.45) is -5.11. The number of aliphatic hydroxyl groups is 3. The molecule has 1 heterocycles. The Kier molecular flexibility index (Phi) is 7.36. The molecule has 0 aromatic carbocycles. The molecule has 6 heteroatoms. The van der Waals surface area contributed by atoms with Gasteiger partial charge in [-0.2, -0.15) is 0 Å². The fraction of sp³-hybridized carbons (Fsp3) is 1.00. The van der Waals surface area contributed by atoms with Crippen molar-refractivity contribution in [3.8, 4) is 0 Å². The highest BCUT2D eigenvalue weighted by molar-refractivity contribution is 4.90. The van der Waals surface area contributed by atoms with Crippen LogP contribution in [0.5, 0.6) is 0 Å². The largest absolute Gasteiger partial charge is 0.388 e. The van der Waals surface area contributed by atoms with Gasteiger partial charge in [-0.15, -0.1) is 0 Å². The van der Waals surface area contributed by atoms with E-state index in [0.717, 1.165) is 6.54 Å². The maximum atomic E-state index is 9.94. The van der Waals surface area contributed by atoms with Gasteiger partial charge >= 0.3 is 0 Å². The monoisotopic (exact) mass is 291 g/mol. The first kappa shape index (κ1) is 17.8. The molecule has 1 aliphatic heterocycles. The molecule has 4 N–H and O–H groups in total. The van der Waals surface area contributed by atoms with Crippen molar-refractivity contribution in [2.75, 3.05) is 19.7 Å². The Morgan fingerprint density at radius 3 is 2.20 bits per heavy atom. The van der Waals surface area contributed by atoms with Crippen LogP contribution in [0.4, 0.5) is 0 Å². The van der Waals surface area contributed by atoms with E-state index >= 15 is 0 Å². The number of ether oxygens (including phenoxy) is 2. The molecule has 0 saturated carbocycles. The average Bonchev–Trinajstić information content (AvgIpc) is 2.37.